The number of halogens is 1. The molecule has 0 saturated carbocycles. The molecule has 0 radical (unpaired) electrons. The van der Waals surface area contributed by atoms with Crippen molar-refractivity contribution < 1.29 is 18.9 Å². The van der Waals surface area contributed by atoms with Crippen LogP contribution in [-0.4, -0.2) is 22.5 Å². The molecule has 1 N–H and O–H groups in total. The van der Waals surface area contributed by atoms with Crippen LogP contribution in [0.15, 0.2) is 110 Å². The molecule has 1 aliphatic heterocycles. The van der Waals surface area contributed by atoms with Gasteiger partial charge in [0, 0.05) is 29.5 Å². The number of rotatable bonds is 7. The zero-order chi connectivity index (χ0) is 31.0. The number of aromatic nitrogens is 1. The van der Waals surface area contributed by atoms with Gasteiger partial charge in [-0.1, -0.05) is 53.3 Å². The molecule has 0 unspecified atom stereocenters. The average Bonchev–Trinajstić information content (AvgIpc) is 3.60. The number of nitro benzene ring substituents is 1. The van der Waals surface area contributed by atoms with Crippen LogP contribution in [0.25, 0.3) is 17.4 Å². The van der Waals surface area contributed by atoms with Crippen LogP contribution in [0, 0.1) is 10.1 Å². The number of methoxy groups -OCH3 is 1. The van der Waals surface area contributed by atoms with Crippen molar-refractivity contribution in [2.45, 2.75) is 13.0 Å². The zero-order valence-corrected chi connectivity index (χ0v) is 24.9. The molecule has 44 heavy (non-hydrogen) atoms. The van der Waals surface area contributed by atoms with Gasteiger partial charge in [0.15, 0.2) is 4.80 Å². The van der Waals surface area contributed by atoms with Crippen molar-refractivity contribution in [2.24, 2.45) is 4.99 Å². The standard InChI is InChI=1S/C32H23ClN4O6S/c1-18-28(30(38)35-20-8-4-3-5-9-20)29(19-7-6-10-22(15-19)42-2)36-31(39)27(44-32(36)34-18)17-23-12-14-26(43-23)24-16-21(37(40)41)11-13-25(24)33/h3-17,29H,1-2H3,(H,35,38)/b27-17-/t29-/m0/s1. The molecule has 5 aromatic rings. The van der Waals surface area contributed by atoms with Crippen molar-refractivity contribution in [3.63, 3.8) is 0 Å². The van der Waals surface area contributed by atoms with E-state index < -0.39 is 11.0 Å². The Labute approximate surface area is 259 Å². The van der Waals surface area contributed by atoms with E-state index in [0.717, 1.165) is 11.3 Å². The predicted molar refractivity (Wildman–Crippen MR) is 168 cm³/mol. The van der Waals surface area contributed by atoms with E-state index in [-0.39, 0.29) is 22.2 Å². The molecule has 0 saturated heterocycles. The number of anilines is 1. The number of carbonyl (C=O) groups excluding carboxylic acids is 1. The van der Waals surface area contributed by atoms with Crippen LogP contribution in [0.1, 0.15) is 24.3 Å². The number of nitro groups is 1. The second kappa shape index (κ2) is 11.8. The van der Waals surface area contributed by atoms with Crippen molar-refractivity contribution in [2.75, 3.05) is 12.4 Å². The Kier molecular flexibility index (Phi) is 7.73. The van der Waals surface area contributed by atoms with Gasteiger partial charge >= 0.3 is 0 Å². The van der Waals surface area contributed by atoms with Crippen molar-refractivity contribution in [1.29, 1.82) is 0 Å². The molecule has 0 aliphatic carbocycles. The highest BCUT2D eigenvalue weighted by Gasteiger charge is 2.33. The van der Waals surface area contributed by atoms with Gasteiger partial charge in [-0.3, -0.25) is 24.3 Å². The number of nitrogens with one attached hydrogen (secondary N) is 1. The van der Waals surface area contributed by atoms with Crippen LogP contribution < -0.4 is 24.9 Å². The molecule has 0 fully saturated rings. The number of fused-ring (bicyclic) bond motifs is 1. The van der Waals surface area contributed by atoms with Gasteiger partial charge in [0.1, 0.15) is 17.3 Å². The Bertz CT molecular complexity index is 2150. The lowest BCUT2D eigenvalue weighted by atomic mass is 9.95. The maximum absolute atomic E-state index is 14.0. The second-order valence-electron chi connectivity index (χ2n) is 9.80. The highest BCUT2D eigenvalue weighted by atomic mass is 35.5. The third-order valence-corrected chi connectivity index (χ3v) is 8.35. The lowest BCUT2D eigenvalue weighted by molar-refractivity contribution is -0.384. The maximum Gasteiger partial charge on any atom is 0.271 e. The van der Waals surface area contributed by atoms with Crippen LogP contribution in [0.2, 0.25) is 5.02 Å². The molecule has 3 heterocycles. The van der Waals surface area contributed by atoms with Crippen molar-refractivity contribution >= 4 is 46.3 Å². The van der Waals surface area contributed by atoms with E-state index in [9.17, 15) is 19.7 Å². The summed E-state index contributed by atoms with van der Waals surface area (Å²) >= 11 is 7.45. The highest BCUT2D eigenvalue weighted by molar-refractivity contribution is 7.07. The summed E-state index contributed by atoms with van der Waals surface area (Å²) in [4.78, 5) is 43.5. The molecule has 220 valence electrons. The third-order valence-electron chi connectivity index (χ3n) is 7.03. The van der Waals surface area contributed by atoms with Crippen molar-refractivity contribution in [1.82, 2.24) is 4.57 Å². The Morgan fingerprint density at radius 2 is 1.91 bits per heavy atom. The summed E-state index contributed by atoms with van der Waals surface area (Å²) in [5, 5.41) is 14.5. The number of nitrogens with zero attached hydrogens (tertiary/aromatic N) is 3. The number of ether oxygens (including phenoxy) is 1. The molecule has 10 nitrogen and oxygen atoms in total. The second-order valence-corrected chi connectivity index (χ2v) is 11.2. The first-order chi connectivity index (χ1) is 21.2. The summed E-state index contributed by atoms with van der Waals surface area (Å²) in [6.07, 6.45) is 1.57. The van der Waals surface area contributed by atoms with E-state index in [1.165, 1.54) is 22.8 Å². The summed E-state index contributed by atoms with van der Waals surface area (Å²) in [5.74, 6) is 0.834. The molecule has 6 rings (SSSR count). The minimum absolute atomic E-state index is 0.129. The minimum Gasteiger partial charge on any atom is -0.497 e. The van der Waals surface area contributed by atoms with Crippen LogP contribution in [-0.2, 0) is 4.79 Å². The quantitative estimate of drug-likeness (QED) is 0.182. The number of hydrogen-bond donors (Lipinski definition) is 1. The number of non-ortho nitro benzene ring substituents is 1. The van der Waals surface area contributed by atoms with Gasteiger partial charge < -0.3 is 14.5 Å². The number of allylic oxidation sites excluding steroid dienone is 1. The number of para-hydroxylation sites is 1. The van der Waals surface area contributed by atoms with Crippen LogP contribution in [0.5, 0.6) is 5.75 Å². The van der Waals surface area contributed by atoms with E-state index in [4.69, 9.17) is 20.8 Å². The Morgan fingerprint density at radius 1 is 1.11 bits per heavy atom. The Hall–Kier alpha value is -5.26. The summed E-state index contributed by atoms with van der Waals surface area (Å²) in [6, 6.07) is 22.8. The summed E-state index contributed by atoms with van der Waals surface area (Å²) in [5.41, 5.74) is 1.93. The molecule has 0 spiro atoms. The van der Waals surface area contributed by atoms with Gasteiger partial charge in [-0.2, -0.15) is 0 Å². The van der Waals surface area contributed by atoms with Gasteiger partial charge in [-0.25, -0.2) is 4.99 Å². The van der Waals surface area contributed by atoms with Crippen molar-refractivity contribution in [3.8, 4) is 17.1 Å². The minimum atomic E-state index is -0.789. The van der Waals surface area contributed by atoms with Gasteiger partial charge in [0.25, 0.3) is 17.2 Å². The fourth-order valence-corrected chi connectivity index (χ4v) is 6.22. The molecule has 3 aromatic carbocycles. The average molecular weight is 627 g/mol. The van der Waals surface area contributed by atoms with E-state index in [1.807, 2.05) is 24.3 Å². The Morgan fingerprint density at radius 3 is 2.66 bits per heavy atom. The number of thiazole rings is 1. The van der Waals surface area contributed by atoms with E-state index in [2.05, 4.69) is 10.3 Å². The topological polar surface area (TPSA) is 129 Å². The molecular formula is C32H23ClN4O6S. The first-order valence-corrected chi connectivity index (χ1v) is 14.5. The van der Waals surface area contributed by atoms with Crippen LogP contribution >= 0.6 is 22.9 Å². The smallest absolute Gasteiger partial charge is 0.271 e. The number of carbonyl (C=O) groups is 1. The first kappa shape index (κ1) is 28.8. The summed E-state index contributed by atoms with van der Waals surface area (Å²) in [7, 11) is 1.55. The Balaban J connectivity index is 1.45. The van der Waals surface area contributed by atoms with Gasteiger partial charge in [-0.05, 0) is 55.0 Å². The number of amides is 1. The summed E-state index contributed by atoms with van der Waals surface area (Å²) < 4.78 is 13.2. The lowest BCUT2D eigenvalue weighted by Gasteiger charge is -2.25. The van der Waals surface area contributed by atoms with E-state index in [1.54, 1.807) is 62.6 Å². The van der Waals surface area contributed by atoms with E-state index >= 15 is 0 Å². The normalized spacial score (nSPS) is 14.6. The van der Waals surface area contributed by atoms with Gasteiger partial charge in [0.05, 0.1) is 38.9 Å². The van der Waals surface area contributed by atoms with Crippen molar-refractivity contribution in [3.05, 3.63) is 142 Å². The summed E-state index contributed by atoms with van der Waals surface area (Å²) in [6.45, 7) is 1.74. The number of benzene rings is 3. The number of hydrogen-bond acceptors (Lipinski definition) is 8. The third kappa shape index (κ3) is 5.46. The van der Waals surface area contributed by atoms with Crippen LogP contribution in [0.4, 0.5) is 11.4 Å². The zero-order valence-electron chi connectivity index (χ0n) is 23.3. The van der Waals surface area contributed by atoms with Gasteiger partial charge in [-0.15, -0.1) is 0 Å². The SMILES string of the molecule is COc1cccc([C@H]2C(C(=O)Nc3ccccc3)=C(C)N=c3s/c(=C\c4ccc(-c5cc([N+](=O)[O-])ccc5Cl)o4)c(=O)n32)c1. The first-order valence-electron chi connectivity index (χ1n) is 13.3. The monoisotopic (exact) mass is 626 g/mol. The molecule has 1 atom stereocenters. The van der Waals surface area contributed by atoms with Gasteiger partial charge in [0.2, 0.25) is 0 Å². The number of furan rings is 1. The van der Waals surface area contributed by atoms with E-state index in [0.29, 0.717) is 54.7 Å². The molecule has 12 heteroatoms. The fraction of sp³-hybridized carbons (Fsp3) is 0.0938. The lowest BCUT2D eigenvalue weighted by Crippen LogP contribution is -2.40. The molecule has 2 aromatic heterocycles. The predicted octanol–water partition coefficient (Wildman–Crippen LogP) is 5.70. The molecular weight excluding hydrogens is 604 g/mol. The van der Waals surface area contributed by atoms with Crippen LogP contribution in [0.3, 0.4) is 0 Å². The molecule has 1 aliphatic rings. The fourth-order valence-electron chi connectivity index (χ4n) is 4.98. The highest BCUT2D eigenvalue weighted by Crippen LogP contribution is 2.34. The maximum atomic E-state index is 14.0. The molecule has 0 bridgehead atoms. The molecule has 1 amide bonds. The largest absolute Gasteiger partial charge is 0.497 e.